The average molecular weight is 292 g/mol. The fourth-order valence-electron chi connectivity index (χ4n) is 2.47. The number of anilines is 2. The number of hydrogen-bond acceptors (Lipinski definition) is 5. The standard InChI is InChI=1S/C14H20N4OS/c1-4-17-13(19)12-11(16)10(5-15)14(20-12)18-6-8(2)9(3)7-18/h8-9H,4,6-7,16H2,1-3H3,(H,17,19). The number of nitriles is 1. The van der Waals surface area contributed by atoms with Crippen molar-refractivity contribution in [2.45, 2.75) is 20.8 Å². The first kappa shape index (κ1) is 14.7. The summed E-state index contributed by atoms with van der Waals surface area (Å²) in [5, 5.41) is 12.9. The zero-order valence-electron chi connectivity index (χ0n) is 12.1. The van der Waals surface area contributed by atoms with Crippen LogP contribution in [-0.4, -0.2) is 25.5 Å². The lowest BCUT2D eigenvalue weighted by Crippen LogP contribution is -2.22. The molecule has 3 N–H and O–H groups in total. The Morgan fingerprint density at radius 3 is 2.60 bits per heavy atom. The molecule has 1 amide bonds. The van der Waals surface area contributed by atoms with Crippen LogP contribution in [-0.2, 0) is 0 Å². The lowest BCUT2D eigenvalue weighted by molar-refractivity contribution is 0.0960. The van der Waals surface area contributed by atoms with Gasteiger partial charge in [-0.15, -0.1) is 11.3 Å². The van der Waals surface area contributed by atoms with Gasteiger partial charge in [-0.1, -0.05) is 13.8 Å². The number of nitrogens with zero attached hydrogens (tertiary/aromatic N) is 2. The predicted octanol–water partition coefficient (Wildman–Crippen LogP) is 2.04. The third-order valence-electron chi connectivity index (χ3n) is 3.86. The number of carbonyl (C=O) groups is 1. The molecule has 2 unspecified atom stereocenters. The topological polar surface area (TPSA) is 82.2 Å². The second kappa shape index (κ2) is 5.71. The molecular formula is C14H20N4OS. The van der Waals surface area contributed by atoms with Crippen molar-refractivity contribution < 1.29 is 4.79 Å². The first-order valence-corrected chi connectivity index (χ1v) is 7.66. The number of nitrogens with two attached hydrogens (primary N) is 1. The van der Waals surface area contributed by atoms with Gasteiger partial charge in [0.15, 0.2) is 0 Å². The third-order valence-corrected chi connectivity index (χ3v) is 5.12. The number of hydrogen-bond donors (Lipinski definition) is 2. The molecule has 2 rings (SSSR count). The minimum absolute atomic E-state index is 0.196. The minimum Gasteiger partial charge on any atom is -0.396 e. The van der Waals surface area contributed by atoms with Crippen LogP contribution in [0.3, 0.4) is 0 Å². The third kappa shape index (κ3) is 2.46. The molecule has 0 aromatic carbocycles. The molecule has 1 aliphatic heterocycles. The SMILES string of the molecule is CCNC(=O)c1sc(N2CC(C)C(C)C2)c(C#N)c1N. The average Bonchev–Trinajstić information content (AvgIpc) is 2.90. The molecule has 0 radical (unpaired) electrons. The highest BCUT2D eigenvalue weighted by atomic mass is 32.1. The summed E-state index contributed by atoms with van der Waals surface area (Å²) in [6.07, 6.45) is 0. The largest absolute Gasteiger partial charge is 0.396 e. The van der Waals surface area contributed by atoms with E-state index in [0.29, 0.717) is 34.5 Å². The van der Waals surface area contributed by atoms with Crippen molar-refractivity contribution in [2.24, 2.45) is 11.8 Å². The summed E-state index contributed by atoms with van der Waals surface area (Å²) in [4.78, 5) is 14.6. The zero-order chi connectivity index (χ0) is 14.9. The number of thiophene rings is 1. The Morgan fingerprint density at radius 1 is 1.50 bits per heavy atom. The number of amides is 1. The summed E-state index contributed by atoms with van der Waals surface area (Å²) in [6.45, 7) is 8.63. The molecule has 5 nitrogen and oxygen atoms in total. The van der Waals surface area contributed by atoms with Crippen molar-refractivity contribution in [1.82, 2.24) is 5.32 Å². The molecule has 1 aliphatic rings. The van der Waals surface area contributed by atoms with Crippen LogP contribution in [0.2, 0.25) is 0 Å². The Hall–Kier alpha value is -1.74. The minimum atomic E-state index is -0.196. The molecule has 0 bridgehead atoms. The molecule has 0 saturated carbocycles. The monoisotopic (exact) mass is 292 g/mol. The predicted molar refractivity (Wildman–Crippen MR) is 82.0 cm³/mol. The molecular weight excluding hydrogens is 272 g/mol. The van der Waals surface area contributed by atoms with Gasteiger partial charge in [-0.25, -0.2) is 0 Å². The van der Waals surface area contributed by atoms with E-state index >= 15 is 0 Å². The van der Waals surface area contributed by atoms with Crippen LogP contribution < -0.4 is 16.0 Å². The Morgan fingerprint density at radius 2 is 2.10 bits per heavy atom. The van der Waals surface area contributed by atoms with Crippen LogP contribution in [0.4, 0.5) is 10.7 Å². The summed E-state index contributed by atoms with van der Waals surface area (Å²) >= 11 is 1.33. The van der Waals surface area contributed by atoms with Crippen molar-refractivity contribution in [2.75, 3.05) is 30.3 Å². The van der Waals surface area contributed by atoms with Crippen LogP contribution in [0.25, 0.3) is 0 Å². The van der Waals surface area contributed by atoms with Crippen LogP contribution in [0.1, 0.15) is 36.0 Å². The molecule has 2 heterocycles. The van der Waals surface area contributed by atoms with Gasteiger partial charge in [0.25, 0.3) is 5.91 Å². The van der Waals surface area contributed by atoms with E-state index in [-0.39, 0.29) is 5.91 Å². The lowest BCUT2D eigenvalue weighted by atomic mass is 10.0. The van der Waals surface area contributed by atoms with Gasteiger partial charge in [-0.05, 0) is 18.8 Å². The van der Waals surface area contributed by atoms with Crippen LogP contribution in [0.5, 0.6) is 0 Å². The van der Waals surface area contributed by atoms with E-state index in [1.54, 1.807) is 0 Å². The van der Waals surface area contributed by atoms with Crippen LogP contribution in [0, 0.1) is 23.2 Å². The normalized spacial score (nSPS) is 21.8. The Bertz CT molecular complexity index is 550. The molecule has 6 heteroatoms. The lowest BCUT2D eigenvalue weighted by Gasteiger charge is -2.16. The molecule has 20 heavy (non-hydrogen) atoms. The van der Waals surface area contributed by atoms with Gasteiger partial charge in [0.05, 0.1) is 5.69 Å². The van der Waals surface area contributed by atoms with E-state index in [0.717, 1.165) is 18.1 Å². The Balaban J connectivity index is 2.37. The van der Waals surface area contributed by atoms with Crippen molar-refractivity contribution >= 4 is 27.9 Å². The van der Waals surface area contributed by atoms with Crippen molar-refractivity contribution in [3.05, 3.63) is 10.4 Å². The van der Waals surface area contributed by atoms with Crippen molar-refractivity contribution in [3.63, 3.8) is 0 Å². The first-order chi connectivity index (χ1) is 9.49. The molecule has 0 aliphatic carbocycles. The second-order valence-electron chi connectivity index (χ2n) is 5.36. The van der Waals surface area contributed by atoms with Crippen LogP contribution in [0.15, 0.2) is 0 Å². The number of nitrogen functional groups attached to an aromatic ring is 1. The highest BCUT2D eigenvalue weighted by molar-refractivity contribution is 7.19. The molecule has 1 saturated heterocycles. The molecule has 2 atom stereocenters. The van der Waals surface area contributed by atoms with E-state index in [2.05, 4.69) is 30.1 Å². The molecule has 1 aromatic heterocycles. The number of rotatable bonds is 3. The Labute approximate surface area is 123 Å². The van der Waals surface area contributed by atoms with E-state index in [1.807, 2.05) is 6.92 Å². The van der Waals surface area contributed by atoms with E-state index in [1.165, 1.54) is 11.3 Å². The van der Waals surface area contributed by atoms with E-state index in [4.69, 9.17) is 5.73 Å². The van der Waals surface area contributed by atoms with Crippen LogP contribution >= 0.6 is 11.3 Å². The smallest absolute Gasteiger partial charge is 0.263 e. The zero-order valence-corrected chi connectivity index (χ0v) is 12.9. The fourth-order valence-corrected chi connectivity index (χ4v) is 3.57. The Kier molecular flexibility index (Phi) is 4.19. The van der Waals surface area contributed by atoms with E-state index in [9.17, 15) is 10.1 Å². The quantitative estimate of drug-likeness (QED) is 0.893. The maximum atomic E-state index is 12.0. The summed E-state index contributed by atoms with van der Waals surface area (Å²) < 4.78 is 0. The van der Waals surface area contributed by atoms with Gasteiger partial charge >= 0.3 is 0 Å². The van der Waals surface area contributed by atoms with Gasteiger partial charge in [0, 0.05) is 19.6 Å². The van der Waals surface area contributed by atoms with E-state index < -0.39 is 0 Å². The van der Waals surface area contributed by atoms with Gasteiger partial charge < -0.3 is 16.0 Å². The molecule has 0 spiro atoms. The number of nitrogens with one attached hydrogen (secondary N) is 1. The molecule has 108 valence electrons. The second-order valence-corrected chi connectivity index (χ2v) is 6.35. The highest BCUT2D eigenvalue weighted by Crippen LogP contribution is 2.40. The summed E-state index contributed by atoms with van der Waals surface area (Å²) in [5.41, 5.74) is 6.74. The highest BCUT2D eigenvalue weighted by Gasteiger charge is 2.31. The summed E-state index contributed by atoms with van der Waals surface area (Å²) in [5.74, 6) is 0.966. The van der Waals surface area contributed by atoms with Gasteiger partial charge in [0.2, 0.25) is 0 Å². The number of carbonyl (C=O) groups excluding carboxylic acids is 1. The van der Waals surface area contributed by atoms with Crippen molar-refractivity contribution in [1.29, 1.82) is 5.26 Å². The first-order valence-electron chi connectivity index (χ1n) is 6.85. The summed E-state index contributed by atoms with van der Waals surface area (Å²) in [7, 11) is 0. The van der Waals surface area contributed by atoms with Gasteiger partial charge in [-0.3, -0.25) is 4.79 Å². The van der Waals surface area contributed by atoms with Gasteiger partial charge in [-0.2, -0.15) is 5.26 Å². The summed E-state index contributed by atoms with van der Waals surface area (Å²) in [6, 6.07) is 2.15. The molecule has 1 aromatic rings. The van der Waals surface area contributed by atoms with Gasteiger partial charge in [0.1, 0.15) is 21.5 Å². The molecule has 1 fully saturated rings. The fraction of sp³-hybridized carbons (Fsp3) is 0.571. The maximum absolute atomic E-state index is 12.0. The van der Waals surface area contributed by atoms with Crippen molar-refractivity contribution in [3.8, 4) is 6.07 Å². The maximum Gasteiger partial charge on any atom is 0.263 e.